The number of amides is 1. The summed E-state index contributed by atoms with van der Waals surface area (Å²) in [5.74, 6) is 0. The average Bonchev–Trinajstić information content (AvgIpc) is 3.09. The summed E-state index contributed by atoms with van der Waals surface area (Å²) in [7, 11) is 0. The number of H-pyrrole nitrogens is 1. The lowest BCUT2D eigenvalue weighted by Crippen LogP contribution is -2.43. The van der Waals surface area contributed by atoms with Crippen molar-refractivity contribution in [2.45, 2.75) is 25.3 Å². The lowest BCUT2D eigenvalue weighted by atomic mass is 9.82. The van der Waals surface area contributed by atoms with Crippen molar-refractivity contribution in [2.24, 2.45) is 0 Å². The van der Waals surface area contributed by atoms with Crippen LogP contribution in [0.4, 0.5) is 4.79 Å². The van der Waals surface area contributed by atoms with Crippen LogP contribution in [-0.2, 0) is 10.2 Å². The minimum Gasteiger partial charge on any atom is -0.447 e. The maximum atomic E-state index is 11.2. The van der Waals surface area contributed by atoms with Crippen LogP contribution >= 0.6 is 0 Å². The second kappa shape index (κ2) is 4.71. The molecule has 1 fully saturated rings. The van der Waals surface area contributed by atoms with E-state index in [4.69, 9.17) is 4.74 Å². The monoisotopic (exact) mass is 270 g/mol. The number of rotatable bonds is 3. The number of hydrogen-bond donors (Lipinski definition) is 2. The molecule has 1 aliphatic rings. The molecule has 1 saturated heterocycles. The zero-order valence-corrected chi connectivity index (χ0v) is 11.6. The van der Waals surface area contributed by atoms with Gasteiger partial charge in [-0.05, 0) is 17.7 Å². The summed E-state index contributed by atoms with van der Waals surface area (Å²) < 4.78 is 5.00. The van der Waals surface area contributed by atoms with Crippen molar-refractivity contribution in [1.82, 2.24) is 10.3 Å². The lowest BCUT2D eigenvalue weighted by Gasteiger charge is -2.28. The normalized spacial score (nSPS) is 18.7. The van der Waals surface area contributed by atoms with Gasteiger partial charge >= 0.3 is 6.09 Å². The van der Waals surface area contributed by atoms with Gasteiger partial charge in [0, 0.05) is 16.8 Å². The van der Waals surface area contributed by atoms with Gasteiger partial charge in [0.25, 0.3) is 0 Å². The number of nitrogens with one attached hydrogen (secondary N) is 2. The maximum Gasteiger partial charge on any atom is 0.407 e. The van der Waals surface area contributed by atoms with Crippen molar-refractivity contribution >= 4 is 6.09 Å². The Kier molecular flexibility index (Phi) is 3.01. The van der Waals surface area contributed by atoms with Gasteiger partial charge in [0.15, 0.2) is 0 Å². The van der Waals surface area contributed by atoms with Gasteiger partial charge in [0.1, 0.15) is 6.61 Å². The SMILES string of the molecule is CC(C)(c1ccc(-c2ccccc2)[nH]1)C1COC(=O)N1. The summed E-state index contributed by atoms with van der Waals surface area (Å²) >= 11 is 0. The second-order valence-corrected chi connectivity index (χ2v) is 5.67. The molecular weight excluding hydrogens is 252 g/mol. The van der Waals surface area contributed by atoms with Gasteiger partial charge in [0.05, 0.1) is 6.04 Å². The third-order valence-electron chi connectivity index (χ3n) is 4.01. The van der Waals surface area contributed by atoms with Crippen LogP contribution in [0.5, 0.6) is 0 Å². The van der Waals surface area contributed by atoms with Crippen LogP contribution in [0.15, 0.2) is 42.5 Å². The molecule has 2 heterocycles. The standard InChI is InChI=1S/C16H18N2O2/c1-16(2,14-10-20-15(19)18-14)13-9-8-12(17-13)11-6-4-3-5-7-11/h3-9,14,17H,10H2,1-2H3,(H,18,19). The molecule has 2 aromatic rings. The molecule has 0 bridgehead atoms. The van der Waals surface area contributed by atoms with Crippen LogP contribution in [0.25, 0.3) is 11.3 Å². The molecule has 1 unspecified atom stereocenters. The number of alkyl carbamates (subject to hydrolysis) is 1. The summed E-state index contributed by atoms with van der Waals surface area (Å²) in [4.78, 5) is 14.7. The number of hydrogen-bond acceptors (Lipinski definition) is 2. The third-order valence-corrected chi connectivity index (χ3v) is 4.01. The zero-order chi connectivity index (χ0) is 14.2. The van der Waals surface area contributed by atoms with Crippen molar-refractivity contribution in [1.29, 1.82) is 0 Å². The predicted molar refractivity (Wildman–Crippen MR) is 77.5 cm³/mol. The molecular formula is C16H18N2O2. The molecule has 1 aromatic carbocycles. The van der Waals surface area contributed by atoms with Crippen molar-refractivity contribution in [3.63, 3.8) is 0 Å². The summed E-state index contributed by atoms with van der Waals surface area (Å²) in [6.45, 7) is 4.62. The fourth-order valence-corrected chi connectivity index (χ4v) is 2.52. The van der Waals surface area contributed by atoms with Crippen LogP contribution in [0.1, 0.15) is 19.5 Å². The van der Waals surface area contributed by atoms with E-state index in [2.05, 4.69) is 48.4 Å². The molecule has 0 aliphatic carbocycles. The first kappa shape index (κ1) is 12.8. The van der Waals surface area contributed by atoms with Gasteiger partial charge < -0.3 is 15.0 Å². The number of carbonyl (C=O) groups is 1. The lowest BCUT2D eigenvalue weighted by molar-refractivity contribution is 0.174. The van der Waals surface area contributed by atoms with Gasteiger partial charge in [-0.15, -0.1) is 0 Å². The minimum absolute atomic E-state index is 0.0164. The van der Waals surface area contributed by atoms with Crippen LogP contribution < -0.4 is 5.32 Å². The largest absolute Gasteiger partial charge is 0.447 e. The Morgan fingerprint density at radius 3 is 2.55 bits per heavy atom. The fourth-order valence-electron chi connectivity index (χ4n) is 2.52. The first-order valence-corrected chi connectivity index (χ1v) is 6.75. The van der Waals surface area contributed by atoms with Crippen molar-refractivity contribution in [3.05, 3.63) is 48.2 Å². The molecule has 0 saturated carbocycles. The number of cyclic esters (lactones) is 1. The van der Waals surface area contributed by atoms with Gasteiger partial charge in [-0.3, -0.25) is 0 Å². The first-order chi connectivity index (χ1) is 9.57. The van der Waals surface area contributed by atoms with E-state index in [-0.39, 0.29) is 17.6 Å². The van der Waals surface area contributed by atoms with Crippen LogP contribution in [0.2, 0.25) is 0 Å². The molecule has 1 amide bonds. The molecule has 4 nitrogen and oxygen atoms in total. The second-order valence-electron chi connectivity index (χ2n) is 5.67. The van der Waals surface area contributed by atoms with Gasteiger partial charge in [-0.1, -0.05) is 44.2 Å². The molecule has 104 valence electrons. The summed E-state index contributed by atoms with van der Waals surface area (Å²) in [6.07, 6.45) is -0.335. The molecule has 0 spiro atoms. The quantitative estimate of drug-likeness (QED) is 0.900. The molecule has 0 radical (unpaired) electrons. The number of ether oxygens (including phenoxy) is 1. The molecule has 1 aliphatic heterocycles. The van der Waals surface area contributed by atoms with E-state index in [1.54, 1.807) is 0 Å². The molecule has 4 heteroatoms. The highest BCUT2D eigenvalue weighted by Gasteiger charge is 2.38. The van der Waals surface area contributed by atoms with Crippen LogP contribution in [0, 0.1) is 0 Å². The zero-order valence-electron chi connectivity index (χ0n) is 11.6. The Balaban J connectivity index is 1.88. The predicted octanol–water partition coefficient (Wildman–Crippen LogP) is 3.07. The van der Waals surface area contributed by atoms with Crippen molar-refractivity contribution in [2.75, 3.05) is 6.61 Å². The first-order valence-electron chi connectivity index (χ1n) is 6.75. The maximum absolute atomic E-state index is 11.2. The van der Waals surface area contributed by atoms with E-state index >= 15 is 0 Å². The Morgan fingerprint density at radius 1 is 1.15 bits per heavy atom. The minimum atomic E-state index is -0.335. The highest BCUT2D eigenvalue weighted by Crippen LogP contribution is 2.30. The number of aromatic amines is 1. The molecule has 3 rings (SSSR count). The number of carbonyl (C=O) groups excluding carboxylic acids is 1. The Hall–Kier alpha value is -2.23. The summed E-state index contributed by atoms with van der Waals surface area (Å²) in [5, 5.41) is 2.86. The van der Waals surface area contributed by atoms with Crippen molar-refractivity contribution < 1.29 is 9.53 Å². The van der Waals surface area contributed by atoms with E-state index in [1.807, 2.05) is 18.2 Å². The van der Waals surface area contributed by atoms with Crippen LogP contribution in [0.3, 0.4) is 0 Å². The summed E-state index contributed by atoms with van der Waals surface area (Å²) in [6, 6.07) is 14.3. The molecule has 20 heavy (non-hydrogen) atoms. The van der Waals surface area contributed by atoms with E-state index in [9.17, 15) is 4.79 Å². The van der Waals surface area contributed by atoms with Gasteiger partial charge in [0.2, 0.25) is 0 Å². The van der Waals surface area contributed by atoms with Gasteiger partial charge in [-0.25, -0.2) is 4.79 Å². The Morgan fingerprint density at radius 2 is 1.90 bits per heavy atom. The highest BCUT2D eigenvalue weighted by molar-refractivity contribution is 5.70. The summed E-state index contributed by atoms with van der Waals surface area (Å²) in [5.41, 5.74) is 3.12. The molecule has 2 N–H and O–H groups in total. The van der Waals surface area contributed by atoms with E-state index < -0.39 is 0 Å². The molecule has 1 atom stereocenters. The fraction of sp³-hybridized carbons (Fsp3) is 0.312. The number of benzene rings is 1. The van der Waals surface area contributed by atoms with E-state index in [0.717, 1.165) is 17.0 Å². The van der Waals surface area contributed by atoms with E-state index in [0.29, 0.717) is 6.61 Å². The van der Waals surface area contributed by atoms with E-state index in [1.165, 1.54) is 0 Å². The topological polar surface area (TPSA) is 54.1 Å². The van der Waals surface area contributed by atoms with Gasteiger partial charge in [-0.2, -0.15) is 0 Å². The van der Waals surface area contributed by atoms with Crippen LogP contribution in [-0.4, -0.2) is 23.7 Å². The number of aromatic nitrogens is 1. The Bertz CT molecular complexity index is 616. The van der Waals surface area contributed by atoms with Crippen molar-refractivity contribution in [3.8, 4) is 11.3 Å². The third kappa shape index (κ3) is 2.18. The molecule has 1 aromatic heterocycles. The Labute approximate surface area is 118 Å². The smallest absolute Gasteiger partial charge is 0.407 e. The average molecular weight is 270 g/mol. The highest BCUT2D eigenvalue weighted by atomic mass is 16.6.